The summed E-state index contributed by atoms with van der Waals surface area (Å²) in [5.41, 5.74) is -1.61. The van der Waals surface area contributed by atoms with Crippen LogP contribution in [0.2, 0.25) is 0 Å². The number of halogens is 5. The highest BCUT2D eigenvalue weighted by atomic mass is 19.4. The second kappa shape index (κ2) is 9.88. The minimum atomic E-state index is -4.84. The molecule has 0 bridgehead atoms. The summed E-state index contributed by atoms with van der Waals surface area (Å²) in [7, 11) is 0. The van der Waals surface area contributed by atoms with E-state index in [1.165, 1.54) is 43.0 Å². The maximum absolute atomic E-state index is 14.4. The smallest absolute Gasteiger partial charge is 0.433 e. The van der Waals surface area contributed by atoms with Gasteiger partial charge in [-0.1, -0.05) is 0 Å². The van der Waals surface area contributed by atoms with Crippen LogP contribution in [0.3, 0.4) is 0 Å². The summed E-state index contributed by atoms with van der Waals surface area (Å²) >= 11 is 0. The van der Waals surface area contributed by atoms with Gasteiger partial charge in [0.05, 0.1) is 11.9 Å². The number of hydrogen-bond donors (Lipinski definition) is 1. The fourth-order valence-corrected chi connectivity index (χ4v) is 4.79. The number of hydrogen-bond acceptors (Lipinski definition) is 5. The number of benzene rings is 2. The maximum atomic E-state index is 14.4. The second-order valence-electron chi connectivity index (χ2n) is 9.51. The molecule has 2 aromatic heterocycles. The molecule has 1 N–H and O–H groups in total. The average Bonchev–Trinajstić information content (AvgIpc) is 3.30. The highest BCUT2D eigenvalue weighted by Gasteiger charge is 2.39. The van der Waals surface area contributed by atoms with E-state index >= 15 is 0 Å². The molecule has 0 unspecified atom stereocenters. The Kier molecular flexibility index (Phi) is 6.68. The van der Waals surface area contributed by atoms with Crippen molar-refractivity contribution in [1.29, 1.82) is 0 Å². The number of aromatic hydroxyl groups is 1. The highest BCUT2D eigenvalue weighted by molar-refractivity contribution is 6.02. The molecule has 0 radical (unpaired) electrons. The molecule has 2 aromatic carbocycles. The molecule has 8 nitrogen and oxygen atoms in total. The Hall–Kier alpha value is -4.55. The Labute approximate surface area is 224 Å². The number of carbonyl (C=O) groups is 2. The van der Waals surface area contributed by atoms with Gasteiger partial charge in [0, 0.05) is 36.3 Å². The van der Waals surface area contributed by atoms with Crippen LogP contribution in [0.5, 0.6) is 5.75 Å². The minimum Gasteiger partial charge on any atom is -0.508 e. The van der Waals surface area contributed by atoms with Crippen molar-refractivity contribution in [1.82, 2.24) is 24.4 Å². The number of phenolic OH excluding ortho intramolecular Hbond substituents is 1. The van der Waals surface area contributed by atoms with Crippen LogP contribution in [-0.2, 0) is 17.5 Å². The number of amides is 2. The first-order valence-electron chi connectivity index (χ1n) is 12.1. The Bertz CT molecular complexity index is 1650. The third kappa shape index (κ3) is 4.82. The number of nitrogens with zero attached hydrogens (tertiary/aromatic N) is 5. The quantitative estimate of drug-likeness (QED) is 0.372. The zero-order valence-corrected chi connectivity index (χ0v) is 21.3. The van der Waals surface area contributed by atoms with E-state index < -0.39 is 41.9 Å². The second-order valence-corrected chi connectivity index (χ2v) is 9.51. The van der Waals surface area contributed by atoms with Crippen LogP contribution in [0.4, 0.5) is 22.0 Å². The van der Waals surface area contributed by atoms with Gasteiger partial charge in [0.25, 0.3) is 5.91 Å². The first kappa shape index (κ1) is 27.0. The highest BCUT2D eigenvalue weighted by Crippen LogP contribution is 2.37. The fourth-order valence-electron chi connectivity index (χ4n) is 4.79. The number of carbonyl (C=O) groups excluding carboxylic acids is 2. The molecule has 13 heteroatoms. The van der Waals surface area contributed by atoms with Crippen molar-refractivity contribution in [2.45, 2.75) is 26.6 Å². The fraction of sp³-hybridized carbons (Fsp3) is 0.259. The summed E-state index contributed by atoms with van der Waals surface area (Å²) in [5, 5.41) is 13.4. The maximum Gasteiger partial charge on any atom is 0.433 e. The average molecular weight is 559 g/mol. The summed E-state index contributed by atoms with van der Waals surface area (Å²) < 4.78 is 71.2. The molecule has 1 saturated heterocycles. The molecule has 1 aliphatic rings. The van der Waals surface area contributed by atoms with Gasteiger partial charge in [0.2, 0.25) is 5.91 Å². The lowest BCUT2D eigenvalue weighted by Crippen LogP contribution is -2.51. The Morgan fingerprint density at radius 3 is 2.42 bits per heavy atom. The van der Waals surface area contributed by atoms with Gasteiger partial charge in [-0.2, -0.15) is 18.3 Å². The third-order valence-corrected chi connectivity index (χ3v) is 6.79. The number of aromatic nitrogens is 3. The lowest BCUT2D eigenvalue weighted by molar-refractivity contribution is -0.143. The van der Waals surface area contributed by atoms with Gasteiger partial charge in [0.15, 0.2) is 11.3 Å². The normalized spacial score (nSPS) is 14.3. The summed E-state index contributed by atoms with van der Waals surface area (Å²) in [5.74, 6) is -2.65. The number of piperazine rings is 1. The van der Waals surface area contributed by atoms with Gasteiger partial charge in [-0.05, 0) is 55.8 Å². The predicted octanol–water partition coefficient (Wildman–Crippen LogP) is 4.50. The Morgan fingerprint density at radius 1 is 1.07 bits per heavy atom. The van der Waals surface area contributed by atoms with Crippen LogP contribution in [-0.4, -0.2) is 61.0 Å². The molecule has 3 heterocycles. The lowest BCUT2D eigenvalue weighted by atomic mass is 10.0. The molecule has 0 aliphatic carbocycles. The first-order chi connectivity index (χ1) is 18.8. The van der Waals surface area contributed by atoms with Crippen molar-refractivity contribution >= 4 is 17.5 Å². The van der Waals surface area contributed by atoms with Crippen LogP contribution in [0.25, 0.3) is 16.9 Å². The molecule has 4 aromatic rings. The largest absolute Gasteiger partial charge is 0.508 e. The van der Waals surface area contributed by atoms with Crippen molar-refractivity contribution in [2.24, 2.45) is 0 Å². The molecule has 0 spiro atoms. The van der Waals surface area contributed by atoms with E-state index in [2.05, 4.69) is 10.1 Å². The number of phenols is 1. The molecule has 5 rings (SSSR count). The van der Waals surface area contributed by atoms with Crippen molar-refractivity contribution in [3.8, 4) is 17.0 Å². The molecule has 208 valence electrons. The predicted molar refractivity (Wildman–Crippen MR) is 132 cm³/mol. The summed E-state index contributed by atoms with van der Waals surface area (Å²) in [6.45, 7) is 2.02. The van der Waals surface area contributed by atoms with Gasteiger partial charge in [-0.15, -0.1) is 0 Å². The van der Waals surface area contributed by atoms with E-state index in [0.717, 1.165) is 23.2 Å². The van der Waals surface area contributed by atoms with E-state index in [-0.39, 0.29) is 64.5 Å². The lowest BCUT2D eigenvalue weighted by Gasteiger charge is -2.34. The zero-order valence-electron chi connectivity index (χ0n) is 21.3. The minimum absolute atomic E-state index is 0.000634. The van der Waals surface area contributed by atoms with Crippen LogP contribution >= 0.6 is 0 Å². The third-order valence-electron chi connectivity index (χ3n) is 6.79. The van der Waals surface area contributed by atoms with Gasteiger partial charge in [-0.25, -0.2) is 18.3 Å². The summed E-state index contributed by atoms with van der Waals surface area (Å²) in [4.78, 5) is 33.0. The van der Waals surface area contributed by atoms with Crippen LogP contribution < -0.4 is 0 Å². The van der Waals surface area contributed by atoms with Gasteiger partial charge in [-0.3, -0.25) is 9.59 Å². The molecule has 1 fully saturated rings. The van der Waals surface area contributed by atoms with E-state index in [1.54, 1.807) is 0 Å². The summed E-state index contributed by atoms with van der Waals surface area (Å²) in [6.07, 6.45) is -3.86. The first-order valence-corrected chi connectivity index (χ1v) is 12.1. The van der Waals surface area contributed by atoms with Crippen molar-refractivity contribution < 1.29 is 36.6 Å². The number of aryl methyl sites for hydroxylation is 1. The van der Waals surface area contributed by atoms with Crippen LogP contribution in [0, 0.1) is 25.5 Å². The number of alkyl halides is 3. The van der Waals surface area contributed by atoms with Crippen molar-refractivity contribution in [3.63, 3.8) is 0 Å². The molecular formula is C27H22F5N5O3. The molecule has 40 heavy (non-hydrogen) atoms. The topological polar surface area (TPSA) is 91.0 Å². The molecule has 1 aliphatic heterocycles. The van der Waals surface area contributed by atoms with Gasteiger partial charge < -0.3 is 14.9 Å². The van der Waals surface area contributed by atoms with E-state index in [4.69, 9.17) is 0 Å². The standard InChI is InChI=1S/C27H22F5N5O3/c1-14-9-18(28)10-17(22(14)29)12-35-7-8-36(13-21(35)39)26(40)20-11-33-37-24(27(30,31)32)15(2)23(34-25(20)37)16-3-5-19(38)6-4-16/h3-6,9-11,38H,7-8,12-13H2,1-2H3. The molecular weight excluding hydrogens is 537 g/mol. The van der Waals surface area contributed by atoms with E-state index in [9.17, 15) is 36.6 Å². The van der Waals surface area contributed by atoms with Gasteiger partial charge in [0.1, 0.15) is 29.5 Å². The van der Waals surface area contributed by atoms with Crippen LogP contribution in [0.15, 0.2) is 42.6 Å². The summed E-state index contributed by atoms with van der Waals surface area (Å²) in [6, 6.07) is 7.46. The van der Waals surface area contributed by atoms with Gasteiger partial charge >= 0.3 is 6.18 Å². The Balaban J connectivity index is 1.46. The number of rotatable bonds is 4. The van der Waals surface area contributed by atoms with E-state index in [1.807, 2.05) is 0 Å². The SMILES string of the molecule is Cc1cc(F)cc(CN2CCN(C(=O)c3cnn4c(C(F)(F)F)c(C)c(-c5ccc(O)cc5)nc34)CC2=O)c1F. The molecule has 2 amide bonds. The van der Waals surface area contributed by atoms with Crippen LogP contribution in [0.1, 0.15) is 32.7 Å². The van der Waals surface area contributed by atoms with Crippen molar-refractivity contribution in [3.05, 3.63) is 82.2 Å². The van der Waals surface area contributed by atoms with E-state index in [0.29, 0.717) is 4.52 Å². The monoisotopic (exact) mass is 559 g/mol. The molecule has 0 atom stereocenters. The zero-order chi connectivity index (χ0) is 28.9. The Morgan fingerprint density at radius 2 is 1.77 bits per heavy atom. The van der Waals surface area contributed by atoms with Crippen molar-refractivity contribution in [2.75, 3.05) is 19.6 Å². The number of fused-ring (bicyclic) bond motifs is 1. The molecule has 0 saturated carbocycles.